The van der Waals surface area contributed by atoms with E-state index in [0.717, 1.165) is 0 Å². The topological polar surface area (TPSA) is 91.9 Å². The molecule has 2 aromatic heterocycles. The molecule has 3 aromatic rings. The summed E-state index contributed by atoms with van der Waals surface area (Å²) in [6.45, 7) is 0. The van der Waals surface area contributed by atoms with Gasteiger partial charge in [0.15, 0.2) is 5.69 Å². The Hall–Kier alpha value is -3.22. The van der Waals surface area contributed by atoms with Gasteiger partial charge in [-0.15, -0.1) is 0 Å². The summed E-state index contributed by atoms with van der Waals surface area (Å²) in [5.41, 5.74) is 0.331. The van der Waals surface area contributed by atoms with Crippen molar-refractivity contribution in [2.45, 2.75) is 0 Å². The van der Waals surface area contributed by atoms with Crippen molar-refractivity contribution >= 4 is 17.5 Å². The summed E-state index contributed by atoms with van der Waals surface area (Å²) in [4.78, 5) is 26.4. The third kappa shape index (κ3) is 2.18. The third-order valence-corrected chi connectivity index (χ3v) is 3.17. The summed E-state index contributed by atoms with van der Waals surface area (Å²) in [6, 6.07) is 8.14. The van der Waals surface area contributed by atoms with Gasteiger partial charge < -0.3 is 10.2 Å². The van der Waals surface area contributed by atoms with Crippen LogP contribution >= 0.6 is 0 Å². The second-order valence-corrected chi connectivity index (χ2v) is 4.58. The Morgan fingerprint density at radius 1 is 1.09 bits per heavy atom. The maximum absolute atomic E-state index is 13.4. The molecule has 3 rings (SSSR count). The number of carbonyl (C=O) groups is 2. The summed E-state index contributed by atoms with van der Waals surface area (Å²) in [6.07, 6.45) is 1.26. The number of nitrogens with zero attached hydrogens (tertiary/aromatic N) is 2. The second-order valence-electron chi connectivity index (χ2n) is 4.58. The molecule has 0 aliphatic carbocycles. The number of carboxylic acids is 2. The van der Waals surface area contributed by atoms with Gasteiger partial charge in [-0.1, -0.05) is 12.1 Å². The van der Waals surface area contributed by atoms with Crippen LogP contribution in [0.15, 0.2) is 42.6 Å². The second kappa shape index (κ2) is 4.96. The average molecular weight is 300 g/mol. The lowest BCUT2D eigenvalue weighted by molar-refractivity contribution is 0.0685. The molecule has 0 bridgehead atoms. The number of fused-ring (bicyclic) bond motifs is 1. The molecule has 0 saturated carbocycles. The van der Waals surface area contributed by atoms with Crippen molar-refractivity contribution in [2.75, 3.05) is 0 Å². The fraction of sp³-hybridized carbons (Fsp3) is 0. The van der Waals surface area contributed by atoms with Crippen molar-refractivity contribution < 1.29 is 24.2 Å². The highest BCUT2D eigenvalue weighted by atomic mass is 19.1. The highest BCUT2D eigenvalue weighted by Crippen LogP contribution is 2.24. The first-order valence-electron chi connectivity index (χ1n) is 6.22. The van der Waals surface area contributed by atoms with E-state index in [1.807, 2.05) is 0 Å². The van der Waals surface area contributed by atoms with E-state index in [0.29, 0.717) is 5.56 Å². The van der Waals surface area contributed by atoms with E-state index >= 15 is 0 Å². The van der Waals surface area contributed by atoms with Crippen molar-refractivity contribution in [3.63, 3.8) is 0 Å². The molecule has 0 saturated heterocycles. The summed E-state index contributed by atoms with van der Waals surface area (Å²) in [7, 11) is 0. The van der Waals surface area contributed by atoms with Crippen LogP contribution in [0.1, 0.15) is 20.8 Å². The molecular formula is C15H9FN2O4. The zero-order valence-corrected chi connectivity index (χ0v) is 11.0. The first-order chi connectivity index (χ1) is 10.5. The van der Waals surface area contributed by atoms with Crippen molar-refractivity contribution in [3.8, 4) is 11.4 Å². The maximum Gasteiger partial charge on any atom is 0.356 e. The van der Waals surface area contributed by atoms with Crippen LogP contribution in [0.5, 0.6) is 0 Å². The Morgan fingerprint density at radius 3 is 2.50 bits per heavy atom. The lowest BCUT2D eigenvalue weighted by Gasteiger charge is -2.03. The van der Waals surface area contributed by atoms with Gasteiger partial charge in [-0.25, -0.2) is 19.0 Å². The largest absolute Gasteiger partial charge is 0.478 e. The van der Waals surface area contributed by atoms with Crippen molar-refractivity contribution in [2.24, 2.45) is 0 Å². The predicted molar refractivity (Wildman–Crippen MR) is 74.5 cm³/mol. The van der Waals surface area contributed by atoms with E-state index in [9.17, 15) is 19.1 Å². The molecule has 0 fully saturated rings. The SMILES string of the molecule is O=C(O)c1ccc2c(C(=O)O)nc(-c3cccc(F)c3)n2c1. The fourth-order valence-electron chi connectivity index (χ4n) is 2.20. The van der Waals surface area contributed by atoms with Gasteiger partial charge in [0.1, 0.15) is 11.6 Å². The number of hydrogen-bond acceptors (Lipinski definition) is 3. The lowest BCUT2D eigenvalue weighted by Crippen LogP contribution is -2.00. The molecule has 1 aromatic carbocycles. The van der Waals surface area contributed by atoms with E-state index in [2.05, 4.69) is 4.98 Å². The van der Waals surface area contributed by atoms with Gasteiger partial charge in [0.05, 0.1) is 11.1 Å². The number of carboxylic acid groups (broad SMARTS) is 2. The smallest absolute Gasteiger partial charge is 0.356 e. The number of rotatable bonds is 3. The van der Waals surface area contributed by atoms with Crippen LogP contribution in [-0.4, -0.2) is 31.5 Å². The highest BCUT2D eigenvalue weighted by Gasteiger charge is 2.19. The monoisotopic (exact) mass is 300 g/mol. The standard InChI is InChI=1S/C15H9FN2O4/c16-10-3-1-2-8(6-10)13-17-12(15(21)22)11-5-4-9(14(19)20)7-18(11)13/h1-7H,(H,19,20)(H,21,22). The average Bonchev–Trinajstić information content (AvgIpc) is 2.86. The number of aromatic carboxylic acids is 2. The Morgan fingerprint density at radius 2 is 1.86 bits per heavy atom. The molecule has 6 nitrogen and oxygen atoms in total. The van der Waals surface area contributed by atoms with Gasteiger partial charge >= 0.3 is 11.9 Å². The minimum absolute atomic E-state index is 0.0282. The van der Waals surface area contributed by atoms with E-state index in [4.69, 9.17) is 5.11 Å². The van der Waals surface area contributed by atoms with Crippen LogP contribution in [0.2, 0.25) is 0 Å². The van der Waals surface area contributed by atoms with E-state index < -0.39 is 17.8 Å². The first kappa shape index (κ1) is 13.7. The number of pyridine rings is 1. The van der Waals surface area contributed by atoms with Crippen LogP contribution < -0.4 is 0 Å². The van der Waals surface area contributed by atoms with Crippen LogP contribution in [0.3, 0.4) is 0 Å². The molecule has 0 spiro atoms. The third-order valence-electron chi connectivity index (χ3n) is 3.17. The Bertz CT molecular complexity index is 917. The first-order valence-corrected chi connectivity index (χ1v) is 6.22. The molecule has 22 heavy (non-hydrogen) atoms. The number of halogens is 1. The molecule has 0 atom stereocenters. The van der Waals surface area contributed by atoms with Gasteiger partial charge in [-0.3, -0.25) is 4.40 Å². The van der Waals surface area contributed by atoms with E-state index in [1.54, 1.807) is 6.07 Å². The Labute approximate surface area is 123 Å². The van der Waals surface area contributed by atoms with Crippen LogP contribution in [0.25, 0.3) is 16.9 Å². The molecule has 2 N–H and O–H groups in total. The van der Waals surface area contributed by atoms with E-state index in [-0.39, 0.29) is 22.6 Å². The minimum Gasteiger partial charge on any atom is -0.478 e. The Kier molecular flexibility index (Phi) is 3.10. The predicted octanol–water partition coefficient (Wildman–Crippen LogP) is 2.54. The van der Waals surface area contributed by atoms with Gasteiger partial charge in [0, 0.05) is 11.8 Å². The van der Waals surface area contributed by atoms with E-state index in [1.165, 1.54) is 40.9 Å². The van der Waals surface area contributed by atoms with Crippen LogP contribution in [0, 0.1) is 5.82 Å². The maximum atomic E-state index is 13.4. The van der Waals surface area contributed by atoms with Crippen molar-refractivity contribution in [1.29, 1.82) is 0 Å². The molecule has 7 heteroatoms. The van der Waals surface area contributed by atoms with Crippen LogP contribution in [-0.2, 0) is 0 Å². The molecule has 0 aliphatic rings. The van der Waals surface area contributed by atoms with Gasteiger partial charge in [-0.05, 0) is 24.3 Å². The quantitative estimate of drug-likeness (QED) is 0.775. The van der Waals surface area contributed by atoms with Crippen LogP contribution in [0.4, 0.5) is 4.39 Å². The number of aromatic nitrogens is 2. The summed E-state index contributed by atoms with van der Waals surface area (Å²) >= 11 is 0. The van der Waals surface area contributed by atoms with Gasteiger partial charge in [-0.2, -0.15) is 0 Å². The highest BCUT2D eigenvalue weighted by molar-refractivity contribution is 5.96. The minimum atomic E-state index is -1.25. The van der Waals surface area contributed by atoms with Crippen molar-refractivity contribution in [1.82, 2.24) is 9.38 Å². The zero-order valence-electron chi connectivity index (χ0n) is 11.0. The zero-order chi connectivity index (χ0) is 15.9. The molecular weight excluding hydrogens is 291 g/mol. The van der Waals surface area contributed by atoms with Gasteiger partial charge in [0.2, 0.25) is 0 Å². The number of benzene rings is 1. The molecule has 2 heterocycles. The summed E-state index contributed by atoms with van der Waals surface area (Å²) in [5.74, 6) is -2.74. The molecule has 0 aliphatic heterocycles. The number of imidazole rings is 1. The molecule has 110 valence electrons. The summed E-state index contributed by atoms with van der Waals surface area (Å²) < 4.78 is 14.7. The van der Waals surface area contributed by atoms with Gasteiger partial charge in [0.25, 0.3) is 0 Å². The lowest BCUT2D eigenvalue weighted by atomic mass is 10.2. The summed E-state index contributed by atoms with van der Waals surface area (Å²) in [5, 5.41) is 18.3. The molecule has 0 amide bonds. The molecule has 0 unspecified atom stereocenters. The number of hydrogen-bond donors (Lipinski definition) is 2. The fourth-order valence-corrected chi connectivity index (χ4v) is 2.20. The Balaban J connectivity index is 2.35. The normalized spacial score (nSPS) is 10.8. The van der Waals surface area contributed by atoms with Crippen molar-refractivity contribution in [3.05, 3.63) is 59.7 Å². The molecule has 0 radical (unpaired) electrons.